The summed E-state index contributed by atoms with van der Waals surface area (Å²) in [7, 11) is 4.20. The van der Waals surface area contributed by atoms with Crippen LogP contribution in [-0.4, -0.2) is 47.5 Å². The van der Waals surface area contributed by atoms with E-state index < -0.39 is 0 Å². The van der Waals surface area contributed by atoms with Gasteiger partial charge in [-0.1, -0.05) is 42.1 Å². The summed E-state index contributed by atoms with van der Waals surface area (Å²) in [5.41, 5.74) is 2.34. The third-order valence-electron chi connectivity index (χ3n) is 4.24. The van der Waals surface area contributed by atoms with Crippen molar-refractivity contribution in [3.05, 3.63) is 53.7 Å². The van der Waals surface area contributed by atoms with E-state index >= 15 is 0 Å². The second-order valence-electron chi connectivity index (χ2n) is 7.09. The van der Waals surface area contributed by atoms with E-state index in [0.29, 0.717) is 12.6 Å². The zero-order valence-corrected chi connectivity index (χ0v) is 17.1. The Kier molecular flexibility index (Phi) is 7.12. The monoisotopic (exact) mass is 384 g/mol. The SMILES string of the molecule is CC1CSC(Nc2ncc(CCCN(C)C)cc2OCc2ccccc2)=N1. The van der Waals surface area contributed by atoms with Gasteiger partial charge in [0.05, 0.1) is 6.04 Å². The van der Waals surface area contributed by atoms with Crippen LogP contribution in [0, 0.1) is 0 Å². The molecule has 3 rings (SSSR count). The Morgan fingerprint density at radius 3 is 2.74 bits per heavy atom. The highest BCUT2D eigenvalue weighted by Gasteiger charge is 2.17. The number of pyridine rings is 1. The molecule has 27 heavy (non-hydrogen) atoms. The van der Waals surface area contributed by atoms with E-state index in [1.165, 1.54) is 5.56 Å². The Bertz CT molecular complexity index is 764. The fourth-order valence-electron chi connectivity index (χ4n) is 2.80. The molecule has 1 aromatic carbocycles. The van der Waals surface area contributed by atoms with Gasteiger partial charge in [-0.25, -0.2) is 4.98 Å². The fraction of sp³-hybridized carbons (Fsp3) is 0.429. The highest BCUT2D eigenvalue weighted by molar-refractivity contribution is 8.14. The lowest BCUT2D eigenvalue weighted by molar-refractivity contribution is 0.306. The molecule has 0 spiro atoms. The largest absolute Gasteiger partial charge is 0.485 e. The van der Waals surface area contributed by atoms with Gasteiger partial charge in [-0.3, -0.25) is 4.99 Å². The average molecular weight is 385 g/mol. The van der Waals surface area contributed by atoms with Gasteiger partial charge in [-0.05, 0) is 57.6 Å². The third-order valence-corrected chi connectivity index (χ3v) is 5.37. The number of benzene rings is 1. The first-order valence-electron chi connectivity index (χ1n) is 9.38. The maximum atomic E-state index is 6.13. The van der Waals surface area contributed by atoms with Gasteiger partial charge in [-0.2, -0.15) is 0 Å². The van der Waals surface area contributed by atoms with Crippen LogP contribution in [0.25, 0.3) is 0 Å². The van der Waals surface area contributed by atoms with Gasteiger partial charge < -0.3 is 15.0 Å². The van der Waals surface area contributed by atoms with E-state index in [-0.39, 0.29) is 0 Å². The molecule has 0 bridgehead atoms. The van der Waals surface area contributed by atoms with Crippen molar-refractivity contribution in [2.45, 2.75) is 32.4 Å². The second-order valence-corrected chi connectivity index (χ2v) is 8.10. The van der Waals surface area contributed by atoms with Crippen LogP contribution in [-0.2, 0) is 13.0 Å². The molecule has 1 aliphatic heterocycles. The number of rotatable bonds is 8. The van der Waals surface area contributed by atoms with Crippen molar-refractivity contribution < 1.29 is 4.74 Å². The molecule has 1 aromatic heterocycles. The number of ether oxygens (including phenoxy) is 1. The Hall–Kier alpha value is -2.05. The van der Waals surface area contributed by atoms with Gasteiger partial charge in [0, 0.05) is 11.9 Å². The van der Waals surface area contributed by atoms with Crippen LogP contribution in [0.15, 0.2) is 47.6 Å². The van der Waals surface area contributed by atoms with Gasteiger partial charge in [0.2, 0.25) is 0 Å². The summed E-state index contributed by atoms with van der Waals surface area (Å²) < 4.78 is 6.13. The van der Waals surface area contributed by atoms with E-state index in [0.717, 1.165) is 47.4 Å². The van der Waals surface area contributed by atoms with Crippen molar-refractivity contribution in [3.8, 4) is 5.75 Å². The number of aromatic nitrogens is 1. The lowest BCUT2D eigenvalue weighted by Gasteiger charge is -2.14. The number of thioether (sulfide) groups is 1. The van der Waals surface area contributed by atoms with Gasteiger partial charge in [0.1, 0.15) is 6.61 Å². The van der Waals surface area contributed by atoms with Gasteiger partial charge >= 0.3 is 0 Å². The van der Waals surface area contributed by atoms with E-state index in [1.54, 1.807) is 11.8 Å². The highest BCUT2D eigenvalue weighted by atomic mass is 32.2. The molecule has 1 aliphatic rings. The van der Waals surface area contributed by atoms with Crippen molar-refractivity contribution >= 4 is 22.7 Å². The van der Waals surface area contributed by atoms with Gasteiger partial charge in [0.25, 0.3) is 0 Å². The van der Waals surface area contributed by atoms with Crippen LogP contribution in [0.5, 0.6) is 5.75 Å². The van der Waals surface area contributed by atoms with Crippen molar-refractivity contribution in [1.29, 1.82) is 0 Å². The Labute approximate surface area is 166 Å². The Morgan fingerprint density at radius 2 is 2.04 bits per heavy atom. The molecule has 6 heteroatoms. The first-order valence-corrected chi connectivity index (χ1v) is 10.4. The summed E-state index contributed by atoms with van der Waals surface area (Å²) in [4.78, 5) is 11.4. The number of nitrogens with zero attached hydrogens (tertiary/aromatic N) is 3. The summed E-state index contributed by atoms with van der Waals surface area (Å²) in [6, 6.07) is 12.7. The van der Waals surface area contributed by atoms with E-state index in [1.807, 2.05) is 24.4 Å². The van der Waals surface area contributed by atoms with Crippen LogP contribution in [0.2, 0.25) is 0 Å². The quantitative estimate of drug-likeness (QED) is 0.744. The van der Waals surface area contributed by atoms with Crippen molar-refractivity contribution in [1.82, 2.24) is 9.88 Å². The highest BCUT2D eigenvalue weighted by Crippen LogP contribution is 2.28. The first kappa shape index (κ1) is 19.7. The summed E-state index contributed by atoms with van der Waals surface area (Å²) in [6.45, 7) is 3.70. The van der Waals surface area contributed by atoms with Crippen LogP contribution in [0.3, 0.4) is 0 Å². The standard InChI is InChI=1S/C21H28N4OS/c1-16-15-27-21(23-16)24-20-19(26-14-17-8-5-4-6-9-17)12-18(13-22-20)10-7-11-25(2)3/h4-6,8-9,12-13,16H,7,10-11,14-15H2,1-3H3,(H,22,23,24). The van der Waals surface area contributed by atoms with Crippen LogP contribution in [0.4, 0.5) is 5.82 Å². The first-order chi connectivity index (χ1) is 13.1. The number of nitrogens with one attached hydrogen (secondary N) is 1. The molecule has 5 nitrogen and oxygen atoms in total. The Morgan fingerprint density at radius 1 is 1.22 bits per heavy atom. The number of hydrogen-bond acceptors (Lipinski definition) is 6. The molecule has 0 saturated carbocycles. The molecule has 144 valence electrons. The topological polar surface area (TPSA) is 49.8 Å². The lowest BCUT2D eigenvalue weighted by atomic mass is 10.1. The molecule has 1 unspecified atom stereocenters. The lowest BCUT2D eigenvalue weighted by Crippen LogP contribution is -2.14. The average Bonchev–Trinajstić information content (AvgIpc) is 3.07. The molecular weight excluding hydrogens is 356 g/mol. The normalized spacial score (nSPS) is 16.4. The van der Waals surface area contributed by atoms with Gasteiger partial charge in [-0.15, -0.1) is 0 Å². The predicted octanol–water partition coefficient (Wildman–Crippen LogP) is 4.06. The predicted molar refractivity (Wildman–Crippen MR) is 115 cm³/mol. The second kappa shape index (κ2) is 9.76. The molecule has 1 atom stereocenters. The zero-order valence-electron chi connectivity index (χ0n) is 16.3. The van der Waals surface area contributed by atoms with E-state index in [2.05, 4.69) is 59.4 Å². The molecule has 0 saturated heterocycles. The molecule has 0 fully saturated rings. The summed E-state index contributed by atoms with van der Waals surface area (Å²) in [5, 5.41) is 4.26. The smallest absolute Gasteiger partial charge is 0.174 e. The number of aliphatic imine (C=N–C) groups is 1. The van der Waals surface area contributed by atoms with Crippen LogP contribution >= 0.6 is 11.8 Å². The number of aryl methyl sites for hydroxylation is 1. The van der Waals surface area contributed by atoms with Crippen molar-refractivity contribution in [3.63, 3.8) is 0 Å². The maximum absolute atomic E-state index is 6.13. The molecule has 0 aliphatic carbocycles. The number of hydrogen-bond donors (Lipinski definition) is 1. The minimum atomic E-state index is 0.344. The van der Waals surface area contributed by atoms with Crippen molar-refractivity contribution in [2.75, 3.05) is 31.7 Å². The molecule has 1 N–H and O–H groups in total. The molecule has 0 radical (unpaired) electrons. The van der Waals surface area contributed by atoms with Crippen LogP contribution < -0.4 is 10.1 Å². The Balaban J connectivity index is 1.72. The third kappa shape index (κ3) is 6.26. The van der Waals surface area contributed by atoms with E-state index in [9.17, 15) is 0 Å². The minimum Gasteiger partial charge on any atom is -0.485 e. The molecule has 2 heterocycles. The maximum Gasteiger partial charge on any atom is 0.174 e. The minimum absolute atomic E-state index is 0.344. The fourth-order valence-corrected chi connectivity index (χ4v) is 3.70. The van der Waals surface area contributed by atoms with Crippen molar-refractivity contribution in [2.24, 2.45) is 4.99 Å². The van der Waals surface area contributed by atoms with Crippen LogP contribution in [0.1, 0.15) is 24.5 Å². The van der Waals surface area contributed by atoms with E-state index in [4.69, 9.17) is 4.74 Å². The van der Waals surface area contributed by atoms with Gasteiger partial charge in [0.15, 0.2) is 16.7 Å². The molecular formula is C21H28N4OS. The molecule has 0 amide bonds. The summed E-state index contributed by atoms with van der Waals surface area (Å²) in [5.74, 6) is 2.53. The summed E-state index contributed by atoms with van der Waals surface area (Å²) >= 11 is 1.73. The number of anilines is 1. The number of amidine groups is 1. The molecule has 2 aromatic rings. The summed E-state index contributed by atoms with van der Waals surface area (Å²) in [6.07, 6.45) is 4.02. The zero-order chi connectivity index (χ0) is 19.1.